The molecule has 3 N–H and O–H groups in total. The number of primary amides is 1. The summed E-state index contributed by atoms with van der Waals surface area (Å²) in [5.74, 6) is 0.599. The van der Waals surface area contributed by atoms with Gasteiger partial charge >= 0.3 is 6.09 Å². The van der Waals surface area contributed by atoms with Crippen LogP contribution in [0.25, 0.3) is 10.6 Å². The molecular weight excluding hydrogens is 472 g/mol. The summed E-state index contributed by atoms with van der Waals surface area (Å²) >= 11 is 3.13. The third-order valence-corrected chi connectivity index (χ3v) is 8.19. The van der Waals surface area contributed by atoms with Crippen LogP contribution in [-0.2, 0) is 4.74 Å². The fraction of sp³-hybridized carbons (Fsp3) is 0.435. The van der Waals surface area contributed by atoms with Gasteiger partial charge in [-0.05, 0) is 45.2 Å². The smallest absolute Gasteiger partial charge is 0.404 e. The second-order valence-electron chi connectivity index (χ2n) is 8.72. The van der Waals surface area contributed by atoms with E-state index in [2.05, 4.69) is 20.3 Å². The summed E-state index contributed by atoms with van der Waals surface area (Å²) in [5, 5.41) is 6.98. The molecule has 11 heteroatoms. The Balaban J connectivity index is 1.26. The summed E-state index contributed by atoms with van der Waals surface area (Å²) in [5.41, 5.74) is 7.64. The van der Waals surface area contributed by atoms with Crippen molar-refractivity contribution < 1.29 is 14.3 Å². The zero-order valence-corrected chi connectivity index (χ0v) is 20.6. The summed E-state index contributed by atoms with van der Waals surface area (Å²) in [4.78, 5) is 41.1. The molecule has 178 valence electrons. The molecule has 2 fully saturated rings. The number of thiazole rings is 2. The predicted molar refractivity (Wildman–Crippen MR) is 132 cm³/mol. The third-order valence-electron chi connectivity index (χ3n) is 6.33. The van der Waals surface area contributed by atoms with Crippen LogP contribution in [0.5, 0.6) is 0 Å². The Kier molecular flexibility index (Phi) is 6.22. The first kappa shape index (κ1) is 22.7. The maximum atomic E-state index is 13.3. The van der Waals surface area contributed by atoms with E-state index in [-0.39, 0.29) is 24.1 Å². The Morgan fingerprint density at radius 3 is 2.56 bits per heavy atom. The SMILES string of the molecule is Cc1nc(C)c(-c2csc(Nc3ccc(C(=O)N4C5CCC[C@H]4CC(OC(N)=O)C5)cn3)n2)s1. The minimum atomic E-state index is -0.750. The zero-order chi connectivity index (χ0) is 23.8. The molecule has 0 aliphatic carbocycles. The number of fused-ring (bicyclic) bond motifs is 2. The Morgan fingerprint density at radius 2 is 1.94 bits per heavy atom. The van der Waals surface area contributed by atoms with E-state index in [0.29, 0.717) is 24.2 Å². The molecule has 0 radical (unpaired) electrons. The molecule has 3 aromatic heterocycles. The fourth-order valence-electron chi connectivity index (χ4n) is 4.98. The van der Waals surface area contributed by atoms with E-state index >= 15 is 0 Å². The number of carbonyl (C=O) groups is 2. The highest BCUT2D eigenvalue weighted by atomic mass is 32.1. The molecule has 5 rings (SSSR count). The lowest BCUT2D eigenvalue weighted by molar-refractivity contribution is -0.0199. The highest BCUT2D eigenvalue weighted by molar-refractivity contribution is 7.16. The third kappa shape index (κ3) is 4.62. The fourth-order valence-corrected chi connectivity index (χ4v) is 6.64. The first-order valence-corrected chi connectivity index (χ1v) is 13.0. The minimum Gasteiger partial charge on any atom is -0.446 e. The van der Waals surface area contributed by atoms with Crippen molar-refractivity contribution in [2.45, 2.75) is 64.1 Å². The number of pyridine rings is 1. The monoisotopic (exact) mass is 498 g/mol. The summed E-state index contributed by atoms with van der Waals surface area (Å²) in [7, 11) is 0. The van der Waals surface area contributed by atoms with Crippen molar-refractivity contribution in [3.63, 3.8) is 0 Å². The highest BCUT2D eigenvalue weighted by Crippen LogP contribution is 2.37. The molecule has 0 spiro atoms. The van der Waals surface area contributed by atoms with E-state index in [1.54, 1.807) is 29.7 Å². The van der Waals surface area contributed by atoms with Gasteiger partial charge in [0.25, 0.3) is 5.91 Å². The maximum Gasteiger partial charge on any atom is 0.404 e. The molecular formula is C23H26N6O3S2. The number of piperidine rings is 2. The van der Waals surface area contributed by atoms with Crippen molar-refractivity contribution in [2.75, 3.05) is 5.32 Å². The number of hydrogen-bond acceptors (Lipinski definition) is 9. The van der Waals surface area contributed by atoms with Crippen LogP contribution in [0.2, 0.25) is 0 Å². The molecule has 9 nitrogen and oxygen atoms in total. The van der Waals surface area contributed by atoms with Crippen molar-refractivity contribution in [1.82, 2.24) is 19.9 Å². The summed E-state index contributed by atoms with van der Waals surface area (Å²) in [6.45, 7) is 3.98. The minimum absolute atomic E-state index is 0.0288. The maximum absolute atomic E-state index is 13.3. The Morgan fingerprint density at radius 1 is 1.18 bits per heavy atom. The lowest BCUT2D eigenvalue weighted by Crippen LogP contribution is -2.56. The molecule has 2 bridgehead atoms. The van der Waals surface area contributed by atoms with E-state index in [1.807, 2.05) is 24.1 Å². The van der Waals surface area contributed by atoms with E-state index in [4.69, 9.17) is 10.5 Å². The highest BCUT2D eigenvalue weighted by Gasteiger charge is 2.42. The molecule has 2 aliphatic rings. The summed E-state index contributed by atoms with van der Waals surface area (Å²) < 4.78 is 5.24. The topological polar surface area (TPSA) is 123 Å². The van der Waals surface area contributed by atoms with Crippen LogP contribution in [0.15, 0.2) is 23.7 Å². The first-order valence-electron chi connectivity index (χ1n) is 11.3. The van der Waals surface area contributed by atoms with Crippen molar-refractivity contribution in [3.8, 4) is 10.6 Å². The van der Waals surface area contributed by atoms with Gasteiger partial charge in [0.1, 0.15) is 11.9 Å². The van der Waals surface area contributed by atoms with Crippen LogP contribution in [-0.4, -0.2) is 50.0 Å². The normalized spacial score (nSPS) is 21.8. The molecule has 5 heterocycles. The van der Waals surface area contributed by atoms with Gasteiger partial charge in [0.05, 0.1) is 26.8 Å². The molecule has 2 aliphatic heterocycles. The van der Waals surface area contributed by atoms with Crippen LogP contribution in [0, 0.1) is 13.8 Å². The predicted octanol–water partition coefficient (Wildman–Crippen LogP) is 4.64. The zero-order valence-electron chi connectivity index (χ0n) is 19.0. The van der Waals surface area contributed by atoms with E-state index < -0.39 is 6.09 Å². The van der Waals surface area contributed by atoms with Gasteiger partial charge in [0.15, 0.2) is 5.13 Å². The molecule has 2 unspecified atom stereocenters. The van der Waals surface area contributed by atoms with Gasteiger partial charge in [-0.25, -0.2) is 19.7 Å². The average Bonchev–Trinajstić information content (AvgIpc) is 3.38. The van der Waals surface area contributed by atoms with Gasteiger partial charge in [-0.1, -0.05) is 0 Å². The number of anilines is 2. The Hall–Kier alpha value is -3.05. The van der Waals surface area contributed by atoms with Crippen LogP contribution in [0.1, 0.15) is 53.2 Å². The van der Waals surface area contributed by atoms with E-state index in [9.17, 15) is 9.59 Å². The van der Waals surface area contributed by atoms with Crippen molar-refractivity contribution in [2.24, 2.45) is 5.73 Å². The van der Waals surface area contributed by atoms with Gasteiger partial charge in [-0.3, -0.25) is 4.79 Å². The second-order valence-corrected chi connectivity index (χ2v) is 10.8. The molecule has 3 aromatic rings. The molecule has 0 saturated carbocycles. The number of nitrogens with zero attached hydrogens (tertiary/aromatic N) is 4. The van der Waals surface area contributed by atoms with Crippen molar-refractivity contribution >= 4 is 45.6 Å². The molecule has 2 amide bonds. The lowest BCUT2D eigenvalue weighted by Gasteiger charge is -2.48. The average molecular weight is 499 g/mol. The quantitative estimate of drug-likeness (QED) is 0.525. The number of aryl methyl sites for hydroxylation is 2. The van der Waals surface area contributed by atoms with Crippen LogP contribution in [0.3, 0.4) is 0 Å². The van der Waals surface area contributed by atoms with Gasteiger partial charge < -0.3 is 20.7 Å². The van der Waals surface area contributed by atoms with Crippen LogP contribution in [0.4, 0.5) is 15.7 Å². The molecule has 3 atom stereocenters. The summed E-state index contributed by atoms with van der Waals surface area (Å²) in [6, 6.07) is 3.70. The molecule has 34 heavy (non-hydrogen) atoms. The van der Waals surface area contributed by atoms with Crippen LogP contribution >= 0.6 is 22.7 Å². The number of hydrogen-bond donors (Lipinski definition) is 2. The standard InChI is InChI=1S/C23H26N6O3S2/c1-12-20(34-13(2)26-12)18-11-33-23(27-18)28-19-7-6-14(10-25-19)21(30)29-15-4-3-5-16(29)9-17(8-15)32-22(24)31/h6-7,10-11,15-17H,3-5,8-9H2,1-2H3,(H2,24,31)(H,25,27,28)/t15-,16?,17?/m0/s1. The van der Waals surface area contributed by atoms with Gasteiger partial charge in [-0.2, -0.15) is 0 Å². The van der Waals surface area contributed by atoms with Crippen LogP contribution < -0.4 is 11.1 Å². The number of aromatic nitrogens is 3. The molecule has 0 aromatic carbocycles. The van der Waals surface area contributed by atoms with E-state index in [0.717, 1.165) is 45.7 Å². The largest absolute Gasteiger partial charge is 0.446 e. The Bertz CT molecular complexity index is 1190. The van der Waals surface area contributed by atoms with Gasteiger partial charge in [0, 0.05) is 36.5 Å². The van der Waals surface area contributed by atoms with Gasteiger partial charge in [0.2, 0.25) is 0 Å². The van der Waals surface area contributed by atoms with E-state index in [1.165, 1.54) is 11.3 Å². The number of carbonyl (C=O) groups excluding carboxylic acids is 2. The number of nitrogens with one attached hydrogen (secondary N) is 1. The number of rotatable bonds is 5. The Labute approximate surface area is 205 Å². The lowest BCUT2D eigenvalue weighted by atomic mass is 9.82. The number of ether oxygens (including phenoxy) is 1. The second kappa shape index (κ2) is 9.30. The van der Waals surface area contributed by atoms with Crippen molar-refractivity contribution in [3.05, 3.63) is 40.0 Å². The van der Waals surface area contributed by atoms with Crippen molar-refractivity contribution in [1.29, 1.82) is 0 Å². The number of amides is 2. The summed E-state index contributed by atoms with van der Waals surface area (Å²) in [6.07, 6.45) is 4.77. The first-order chi connectivity index (χ1) is 16.4. The van der Waals surface area contributed by atoms with Gasteiger partial charge in [-0.15, -0.1) is 22.7 Å². The molecule has 2 saturated heterocycles. The number of nitrogens with two attached hydrogens (primary N) is 1.